The van der Waals surface area contributed by atoms with Crippen molar-refractivity contribution in [3.05, 3.63) is 34.7 Å². The number of carbonyl (C=O) groups is 1. The van der Waals surface area contributed by atoms with E-state index in [0.29, 0.717) is 10.9 Å². The largest absolute Gasteiger partial charge is 0.497 e. The molecule has 2 heterocycles. The number of aliphatic imine (C=N–C) groups is 1. The standard InChI is InChI=1S/C17H16N2O2S2/c1-21-11-6-4-5-10(9-11)19-16(20)14-12-7-2-3-8-13(12)23-15(14)18-17(19)22/h4-6,9,14H,2-3,7-8H2,1H3. The summed E-state index contributed by atoms with van der Waals surface area (Å²) in [6.45, 7) is 0. The molecule has 4 rings (SSSR count). The van der Waals surface area contributed by atoms with Crippen LogP contribution in [0.1, 0.15) is 25.7 Å². The third-order valence-electron chi connectivity index (χ3n) is 4.46. The van der Waals surface area contributed by atoms with Crippen molar-refractivity contribution in [2.24, 2.45) is 10.9 Å². The lowest BCUT2D eigenvalue weighted by Gasteiger charge is -2.30. The molecule has 1 aliphatic carbocycles. The zero-order chi connectivity index (χ0) is 16.0. The number of rotatable bonds is 2. The van der Waals surface area contributed by atoms with Gasteiger partial charge in [0.2, 0.25) is 11.0 Å². The first-order chi connectivity index (χ1) is 11.2. The molecular weight excluding hydrogens is 328 g/mol. The molecule has 2 aliphatic heterocycles. The number of anilines is 1. The second kappa shape index (κ2) is 5.76. The van der Waals surface area contributed by atoms with E-state index in [9.17, 15) is 4.79 Å². The minimum atomic E-state index is -0.229. The molecule has 0 N–H and O–H groups in total. The highest BCUT2D eigenvalue weighted by Crippen LogP contribution is 2.48. The number of allylic oxidation sites excluding steroid dienone is 1. The van der Waals surface area contributed by atoms with Crippen LogP contribution in [0.4, 0.5) is 5.69 Å². The maximum Gasteiger partial charge on any atom is 0.247 e. The van der Waals surface area contributed by atoms with E-state index in [2.05, 4.69) is 4.99 Å². The number of thiocarbonyl (C=S) groups is 1. The van der Waals surface area contributed by atoms with Gasteiger partial charge in [-0.15, -0.1) is 0 Å². The molecule has 4 nitrogen and oxygen atoms in total. The lowest BCUT2D eigenvalue weighted by molar-refractivity contribution is -0.118. The molecule has 0 radical (unpaired) electrons. The van der Waals surface area contributed by atoms with Gasteiger partial charge in [-0.3, -0.25) is 9.69 Å². The zero-order valence-electron chi connectivity index (χ0n) is 12.7. The first kappa shape index (κ1) is 14.9. The van der Waals surface area contributed by atoms with Gasteiger partial charge < -0.3 is 4.74 Å². The van der Waals surface area contributed by atoms with E-state index in [4.69, 9.17) is 17.0 Å². The average molecular weight is 344 g/mol. The number of fused-ring (bicyclic) bond motifs is 2. The first-order valence-corrected chi connectivity index (χ1v) is 8.92. The van der Waals surface area contributed by atoms with Crippen LogP contribution >= 0.6 is 24.0 Å². The van der Waals surface area contributed by atoms with Crippen molar-refractivity contribution < 1.29 is 9.53 Å². The van der Waals surface area contributed by atoms with E-state index in [1.165, 1.54) is 16.9 Å². The van der Waals surface area contributed by atoms with Crippen molar-refractivity contribution in [3.8, 4) is 5.75 Å². The summed E-state index contributed by atoms with van der Waals surface area (Å²) >= 11 is 7.06. The Morgan fingerprint density at radius 3 is 3.00 bits per heavy atom. The van der Waals surface area contributed by atoms with Crippen LogP contribution < -0.4 is 9.64 Å². The second-order valence-corrected chi connectivity index (χ2v) is 7.28. The number of methoxy groups -OCH3 is 1. The predicted octanol–water partition coefficient (Wildman–Crippen LogP) is 3.92. The zero-order valence-corrected chi connectivity index (χ0v) is 14.4. The van der Waals surface area contributed by atoms with Gasteiger partial charge in [-0.25, -0.2) is 4.99 Å². The monoisotopic (exact) mass is 344 g/mol. The highest BCUT2D eigenvalue weighted by molar-refractivity contribution is 8.17. The van der Waals surface area contributed by atoms with Crippen molar-refractivity contribution >= 4 is 45.7 Å². The lowest BCUT2D eigenvalue weighted by atomic mass is 9.88. The van der Waals surface area contributed by atoms with Gasteiger partial charge in [0.1, 0.15) is 11.7 Å². The van der Waals surface area contributed by atoms with Gasteiger partial charge in [0.15, 0.2) is 0 Å². The Hall–Kier alpha value is -1.66. The molecule has 1 unspecified atom stereocenters. The van der Waals surface area contributed by atoms with Crippen LogP contribution in [0, 0.1) is 5.92 Å². The summed E-state index contributed by atoms with van der Waals surface area (Å²) in [7, 11) is 1.61. The molecule has 0 bridgehead atoms. The molecule has 1 aromatic rings. The van der Waals surface area contributed by atoms with Crippen LogP contribution in [0.2, 0.25) is 0 Å². The van der Waals surface area contributed by atoms with Crippen LogP contribution in [-0.4, -0.2) is 23.2 Å². The fraction of sp³-hybridized carbons (Fsp3) is 0.353. The van der Waals surface area contributed by atoms with E-state index in [0.717, 1.165) is 30.0 Å². The number of ether oxygens (including phenoxy) is 1. The number of hydrogen-bond acceptors (Lipinski definition) is 4. The van der Waals surface area contributed by atoms with Gasteiger partial charge in [0.25, 0.3) is 0 Å². The summed E-state index contributed by atoms with van der Waals surface area (Å²) in [5.74, 6) is 0.493. The summed E-state index contributed by atoms with van der Waals surface area (Å²) in [6.07, 6.45) is 4.41. The lowest BCUT2D eigenvalue weighted by Crippen LogP contribution is -2.45. The van der Waals surface area contributed by atoms with Gasteiger partial charge in [-0.05, 0) is 60.5 Å². The van der Waals surface area contributed by atoms with Crippen LogP contribution in [0.25, 0.3) is 0 Å². The molecule has 23 heavy (non-hydrogen) atoms. The van der Waals surface area contributed by atoms with Crippen LogP contribution in [0.3, 0.4) is 0 Å². The molecule has 1 amide bonds. The molecule has 0 aromatic heterocycles. The summed E-state index contributed by atoms with van der Waals surface area (Å²) in [4.78, 5) is 20.6. The van der Waals surface area contributed by atoms with E-state index in [1.807, 2.05) is 24.3 Å². The van der Waals surface area contributed by atoms with E-state index < -0.39 is 0 Å². The molecule has 0 saturated carbocycles. The van der Waals surface area contributed by atoms with E-state index in [1.54, 1.807) is 23.8 Å². The molecule has 0 spiro atoms. The third-order valence-corrected chi connectivity index (χ3v) is 5.98. The summed E-state index contributed by atoms with van der Waals surface area (Å²) in [5.41, 5.74) is 1.98. The van der Waals surface area contributed by atoms with Crippen molar-refractivity contribution in [2.45, 2.75) is 25.7 Å². The Labute approximate surface area is 144 Å². The summed E-state index contributed by atoms with van der Waals surface area (Å²) < 4.78 is 5.26. The van der Waals surface area contributed by atoms with Crippen molar-refractivity contribution in [1.82, 2.24) is 0 Å². The van der Waals surface area contributed by atoms with Gasteiger partial charge in [0.05, 0.1) is 17.8 Å². The quantitative estimate of drug-likeness (QED) is 0.763. The van der Waals surface area contributed by atoms with Crippen LogP contribution in [0.5, 0.6) is 5.75 Å². The van der Waals surface area contributed by atoms with Gasteiger partial charge in [0, 0.05) is 6.07 Å². The summed E-state index contributed by atoms with van der Waals surface area (Å²) in [5, 5.41) is 1.19. The Morgan fingerprint density at radius 2 is 2.17 bits per heavy atom. The van der Waals surface area contributed by atoms with Gasteiger partial charge >= 0.3 is 0 Å². The summed E-state index contributed by atoms with van der Waals surface area (Å²) in [6, 6.07) is 7.40. The molecule has 118 valence electrons. The Morgan fingerprint density at radius 1 is 1.35 bits per heavy atom. The minimum absolute atomic E-state index is 0.0210. The van der Waals surface area contributed by atoms with Crippen molar-refractivity contribution in [1.29, 1.82) is 0 Å². The maximum absolute atomic E-state index is 13.1. The molecular formula is C17H16N2O2S2. The Kier molecular flexibility index (Phi) is 3.73. The number of hydrogen-bond donors (Lipinski definition) is 0. The number of benzene rings is 1. The molecule has 3 aliphatic rings. The van der Waals surface area contributed by atoms with E-state index in [-0.39, 0.29) is 11.8 Å². The SMILES string of the molecule is COc1cccc(N2C(=O)C3C(=NC2=S)SC2=C3CCCC2)c1. The van der Waals surface area contributed by atoms with Crippen LogP contribution in [-0.2, 0) is 4.79 Å². The third kappa shape index (κ3) is 2.40. The normalized spacial score (nSPS) is 23.6. The smallest absolute Gasteiger partial charge is 0.247 e. The predicted molar refractivity (Wildman–Crippen MR) is 97.1 cm³/mol. The average Bonchev–Trinajstić information content (AvgIpc) is 2.93. The molecule has 0 saturated heterocycles. The number of amides is 1. The second-order valence-electron chi connectivity index (χ2n) is 5.80. The number of thioether (sulfide) groups is 1. The topological polar surface area (TPSA) is 41.9 Å². The van der Waals surface area contributed by atoms with Crippen molar-refractivity contribution in [2.75, 3.05) is 12.0 Å². The molecule has 1 atom stereocenters. The van der Waals surface area contributed by atoms with E-state index >= 15 is 0 Å². The fourth-order valence-corrected chi connectivity index (χ4v) is 5.05. The number of nitrogens with zero attached hydrogens (tertiary/aromatic N) is 2. The van der Waals surface area contributed by atoms with Crippen molar-refractivity contribution in [3.63, 3.8) is 0 Å². The number of carbonyl (C=O) groups excluding carboxylic acids is 1. The Bertz CT molecular complexity index is 770. The first-order valence-electron chi connectivity index (χ1n) is 7.69. The highest BCUT2D eigenvalue weighted by atomic mass is 32.2. The minimum Gasteiger partial charge on any atom is -0.497 e. The van der Waals surface area contributed by atoms with Gasteiger partial charge in [-0.2, -0.15) is 0 Å². The molecule has 1 aromatic carbocycles. The molecule has 6 heteroatoms. The Balaban J connectivity index is 1.75. The molecule has 0 fully saturated rings. The maximum atomic E-state index is 13.1. The van der Waals surface area contributed by atoms with Crippen LogP contribution in [0.15, 0.2) is 39.7 Å². The van der Waals surface area contributed by atoms with Gasteiger partial charge in [-0.1, -0.05) is 17.8 Å². The highest BCUT2D eigenvalue weighted by Gasteiger charge is 2.44. The fourth-order valence-electron chi connectivity index (χ4n) is 3.35.